The van der Waals surface area contributed by atoms with Crippen LogP contribution in [-0.4, -0.2) is 54.2 Å². The minimum absolute atomic E-state index is 0.0335. The van der Waals surface area contributed by atoms with Gasteiger partial charge in [-0.15, -0.1) is 10.2 Å². The van der Waals surface area contributed by atoms with Crippen molar-refractivity contribution in [1.29, 1.82) is 0 Å². The highest BCUT2D eigenvalue weighted by atomic mass is 35.5. The molecule has 0 saturated heterocycles. The normalized spacial score (nSPS) is 10.6. The van der Waals surface area contributed by atoms with E-state index >= 15 is 0 Å². The Morgan fingerprint density at radius 1 is 0.579 bits per heavy atom. The third-order valence-electron chi connectivity index (χ3n) is 8.06. The first-order chi connectivity index (χ1) is 27.8. The molecule has 0 amide bonds. The number of benzene rings is 3. The Bertz CT molecular complexity index is 2650. The maximum atomic E-state index is 14.5. The number of nitrogens with zero attached hydrogens (tertiary/aromatic N) is 8. The summed E-state index contributed by atoms with van der Waals surface area (Å²) < 4.78 is 40.5. The van der Waals surface area contributed by atoms with E-state index in [0.717, 1.165) is 23.4 Å². The van der Waals surface area contributed by atoms with Crippen molar-refractivity contribution in [3.05, 3.63) is 139 Å². The molecule has 5 heterocycles. The summed E-state index contributed by atoms with van der Waals surface area (Å²) in [5, 5.41) is 15.9. The van der Waals surface area contributed by atoms with Crippen molar-refractivity contribution in [3.63, 3.8) is 0 Å². The van der Waals surface area contributed by atoms with Crippen molar-refractivity contribution in [2.24, 2.45) is 0 Å². The fourth-order valence-electron chi connectivity index (χ4n) is 5.36. The van der Waals surface area contributed by atoms with Gasteiger partial charge in [-0.05, 0) is 97.1 Å². The second kappa shape index (κ2) is 17.3. The molecule has 8 rings (SSSR count). The first-order valence-corrected chi connectivity index (χ1v) is 17.5. The number of nitrogens with one attached hydrogen (secondary N) is 3. The number of halogens is 3. The summed E-state index contributed by atoms with van der Waals surface area (Å²) in [7, 11) is 3.51. The lowest BCUT2D eigenvalue weighted by Gasteiger charge is -2.12. The zero-order valence-corrected chi connectivity index (χ0v) is 30.9. The Morgan fingerprint density at radius 3 is 1.61 bits per heavy atom. The predicted octanol–water partition coefficient (Wildman–Crippen LogP) is 8.95. The van der Waals surface area contributed by atoms with Crippen LogP contribution in [0.1, 0.15) is 0 Å². The largest absolute Gasteiger partial charge is 0.438 e. The minimum Gasteiger partial charge on any atom is -0.438 e. The van der Waals surface area contributed by atoms with Crippen LogP contribution in [-0.2, 0) is 0 Å². The van der Waals surface area contributed by atoms with Gasteiger partial charge in [0.05, 0.1) is 33.3 Å². The van der Waals surface area contributed by atoms with Crippen LogP contribution in [0.3, 0.4) is 0 Å². The van der Waals surface area contributed by atoms with E-state index in [4.69, 9.17) is 26.8 Å². The average molecular weight is 785 g/mol. The third-order valence-corrected chi connectivity index (χ3v) is 8.33. The number of nitrogens with two attached hydrogens (primary N) is 1. The number of ether oxygens (including phenoxy) is 2. The van der Waals surface area contributed by atoms with Gasteiger partial charge in [-0.2, -0.15) is 0 Å². The maximum Gasteiger partial charge on any atom is 0.228 e. The molecule has 14 nitrogen and oxygen atoms in total. The lowest BCUT2D eigenvalue weighted by molar-refractivity contribution is 0.464. The summed E-state index contributed by atoms with van der Waals surface area (Å²) in [6.07, 6.45) is 6.63. The van der Waals surface area contributed by atoms with Crippen LogP contribution in [0.2, 0.25) is 5.15 Å². The molecule has 0 saturated carbocycles. The molecule has 5 N–H and O–H groups in total. The average Bonchev–Trinajstić information content (AvgIpc) is 3.25. The number of anilines is 5. The zero-order valence-electron chi connectivity index (χ0n) is 30.2. The Kier molecular flexibility index (Phi) is 11.4. The van der Waals surface area contributed by atoms with Crippen molar-refractivity contribution in [2.75, 3.05) is 35.8 Å². The molecule has 3 aromatic carbocycles. The van der Waals surface area contributed by atoms with Gasteiger partial charge in [-0.1, -0.05) is 11.6 Å². The Balaban J connectivity index is 0.000000194. The lowest BCUT2D eigenvalue weighted by Crippen LogP contribution is -2.00. The number of aromatic nitrogens is 8. The molecular weight excluding hydrogens is 754 g/mol. The van der Waals surface area contributed by atoms with E-state index in [2.05, 4.69) is 56.1 Å². The number of pyridine rings is 2. The van der Waals surface area contributed by atoms with Gasteiger partial charge in [0.1, 0.15) is 23.1 Å². The topological polar surface area (TPSA) is 184 Å². The molecule has 8 aromatic rings. The Hall–Kier alpha value is -7.59. The SMILES string of the molecule is CNc1nccc(-c2cccnc2Oc2ccc(N)cc2)n1.CNc1nccc(-c2cccnc2Oc2ccc(Nc3nnc(Cl)c4c(F)ccc(F)c34)cc2)n1. The molecule has 0 atom stereocenters. The van der Waals surface area contributed by atoms with E-state index in [1.807, 2.05) is 24.3 Å². The molecule has 0 aliphatic heterocycles. The fourth-order valence-corrected chi connectivity index (χ4v) is 5.58. The molecule has 17 heteroatoms. The van der Waals surface area contributed by atoms with Crippen molar-refractivity contribution < 1.29 is 18.3 Å². The first-order valence-electron chi connectivity index (χ1n) is 17.1. The minimum atomic E-state index is -0.690. The van der Waals surface area contributed by atoms with Crippen molar-refractivity contribution in [1.82, 2.24) is 40.1 Å². The smallest absolute Gasteiger partial charge is 0.228 e. The Labute approximate surface area is 329 Å². The van der Waals surface area contributed by atoms with Gasteiger partial charge in [0.25, 0.3) is 0 Å². The molecule has 5 aromatic heterocycles. The monoisotopic (exact) mass is 784 g/mol. The molecular formula is C40H31ClF2N12O2. The van der Waals surface area contributed by atoms with Gasteiger partial charge in [-0.3, -0.25) is 0 Å². The molecule has 0 bridgehead atoms. The van der Waals surface area contributed by atoms with Gasteiger partial charge in [0, 0.05) is 50.3 Å². The quantitative estimate of drug-likeness (QED) is 0.0964. The summed E-state index contributed by atoms with van der Waals surface area (Å²) in [6.45, 7) is 0. The van der Waals surface area contributed by atoms with E-state index in [9.17, 15) is 8.78 Å². The highest BCUT2D eigenvalue weighted by molar-refractivity contribution is 6.34. The van der Waals surface area contributed by atoms with Crippen LogP contribution in [0.15, 0.2) is 122 Å². The van der Waals surface area contributed by atoms with Crippen LogP contribution in [0.4, 0.5) is 37.9 Å². The second-order valence-electron chi connectivity index (χ2n) is 11.8. The zero-order chi connectivity index (χ0) is 39.7. The van der Waals surface area contributed by atoms with E-state index in [1.54, 1.807) is 99.5 Å². The van der Waals surface area contributed by atoms with Crippen LogP contribution in [0.5, 0.6) is 23.3 Å². The number of rotatable bonds is 10. The Morgan fingerprint density at radius 2 is 1.09 bits per heavy atom. The lowest BCUT2D eigenvalue weighted by atomic mass is 10.1. The van der Waals surface area contributed by atoms with E-state index in [0.29, 0.717) is 57.8 Å². The van der Waals surface area contributed by atoms with Crippen molar-refractivity contribution in [2.45, 2.75) is 0 Å². The van der Waals surface area contributed by atoms with Gasteiger partial charge in [0.15, 0.2) is 11.0 Å². The second-order valence-corrected chi connectivity index (χ2v) is 12.1. The standard InChI is InChI=1S/C24H16ClF2N7O.C16H15N5O/c1-28-24-30-12-10-18(32-24)15-3-2-11-29-23(15)35-14-6-4-13(5-7-14)31-22-20-17(27)9-8-16(26)19(20)21(25)33-34-22;1-18-16-20-10-8-14(21-16)13-3-2-9-19-15(13)22-12-6-4-11(17)5-7-12/h2-12H,1H3,(H,31,34)(H,28,30,32);2-10H,17H2,1H3,(H,18,20,21). The number of fused-ring (bicyclic) bond motifs is 1. The molecule has 0 radical (unpaired) electrons. The van der Waals surface area contributed by atoms with E-state index in [1.165, 1.54) is 0 Å². The van der Waals surface area contributed by atoms with Crippen LogP contribution in [0.25, 0.3) is 33.3 Å². The fraction of sp³-hybridized carbons (Fsp3) is 0.0500. The number of hydrogen-bond acceptors (Lipinski definition) is 14. The highest BCUT2D eigenvalue weighted by Crippen LogP contribution is 2.35. The van der Waals surface area contributed by atoms with Crippen LogP contribution in [0, 0.1) is 11.6 Å². The summed E-state index contributed by atoms with van der Waals surface area (Å²) in [5.74, 6) is 1.70. The molecule has 57 heavy (non-hydrogen) atoms. The van der Waals surface area contributed by atoms with Crippen molar-refractivity contribution >= 4 is 51.5 Å². The highest BCUT2D eigenvalue weighted by Gasteiger charge is 2.17. The molecule has 0 spiro atoms. The van der Waals surface area contributed by atoms with E-state index in [-0.39, 0.29) is 21.7 Å². The van der Waals surface area contributed by atoms with Crippen LogP contribution >= 0.6 is 11.6 Å². The summed E-state index contributed by atoms with van der Waals surface area (Å²) in [5.41, 5.74) is 9.77. The number of nitrogen functional groups attached to an aromatic ring is 1. The summed E-state index contributed by atoms with van der Waals surface area (Å²) >= 11 is 5.94. The van der Waals surface area contributed by atoms with Gasteiger partial charge in [-0.25, -0.2) is 38.7 Å². The van der Waals surface area contributed by atoms with Gasteiger partial charge < -0.3 is 31.2 Å². The predicted molar refractivity (Wildman–Crippen MR) is 215 cm³/mol. The van der Waals surface area contributed by atoms with Gasteiger partial charge in [0.2, 0.25) is 23.7 Å². The first kappa shape index (κ1) is 37.7. The number of hydrogen-bond donors (Lipinski definition) is 4. The molecule has 284 valence electrons. The van der Waals surface area contributed by atoms with Crippen LogP contribution < -0.4 is 31.2 Å². The molecule has 0 unspecified atom stereocenters. The van der Waals surface area contributed by atoms with E-state index < -0.39 is 11.6 Å². The third kappa shape index (κ3) is 8.87. The molecule has 0 aliphatic rings. The summed E-state index contributed by atoms with van der Waals surface area (Å²) in [6, 6.07) is 26.9. The maximum absolute atomic E-state index is 14.5. The molecule has 0 aliphatic carbocycles. The van der Waals surface area contributed by atoms with Crippen molar-refractivity contribution in [3.8, 4) is 45.8 Å². The summed E-state index contributed by atoms with van der Waals surface area (Å²) in [4.78, 5) is 25.7. The molecule has 0 fully saturated rings. The van der Waals surface area contributed by atoms with Gasteiger partial charge >= 0.3 is 0 Å².